The standard InChI is InChI=1S/C56H39BN6O/c1-37-16-12-17-38(2)54(37)62-52-30-15-33-58-56(52)63-53-35-42(31-32-45(53)43-22-6-8-25-47(43)57(62)63)64-41-21-13-20-40(34-41)59-36-60(50-28-11-10-27-49(50)59)51-29-14-24-46-44-23-7-9-26-48(44)61(55(46)51)39-18-4-3-5-19-39/h3-35H,1-2H3. The molecule has 5 heterocycles. The lowest BCUT2D eigenvalue weighted by atomic mass is 9.59. The number of aryl methyl sites for hydroxylation is 2. The van der Waals surface area contributed by atoms with Crippen LogP contribution < -0.4 is 24.4 Å². The molecule has 0 spiro atoms. The SMILES string of the molecule is Cc1cccc(C)c1N1B2c3ccccc3-c3ccc(Oc4cccc(-n5[c-][n+](-c6cccc7c8ccccc8n(-c8ccccc8)c67)c6ccccc65)c4)cc3N2c2ncccc21. The number of benzene rings is 8. The first-order chi connectivity index (χ1) is 31.6. The summed E-state index contributed by atoms with van der Waals surface area (Å²) in [5.74, 6) is 2.40. The third-order valence-electron chi connectivity index (χ3n) is 13.0. The molecule has 64 heavy (non-hydrogen) atoms. The molecule has 0 radical (unpaired) electrons. The van der Waals surface area contributed by atoms with Gasteiger partial charge in [0.2, 0.25) is 0 Å². The fourth-order valence-corrected chi connectivity index (χ4v) is 10.3. The van der Waals surface area contributed by atoms with Crippen molar-refractivity contribution in [3.63, 3.8) is 0 Å². The maximum absolute atomic E-state index is 6.84. The molecular formula is C56H39BN6O. The van der Waals surface area contributed by atoms with Crippen molar-refractivity contribution in [2.24, 2.45) is 0 Å². The molecule has 3 aromatic heterocycles. The average molecular weight is 823 g/mol. The van der Waals surface area contributed by atoms with Gasteiger partial charge in [0.05, 0.1) is 39.1 Å². The summed E-state index contributed by atoms with van der Waals surface area (Å²) in [6, 6.07) is 68.6. The quantitative estimate of drug-likeness (QED) is 0.0952. The monoisotopic (exact) mass is 822 g/mol. The fraction of sp³-hybridized carbons (Fsp3) is 0.0357. The molecule has 2 aliphatic heterocycles. The molecule has 8 heteroatoms. The molecule has 0 amide bonds. The molecule has 7 nitrogen and oxygen atoms in total. The Kier molecular flexibility index (Phi) is 7.99. The van der Waals surface area contributed by atoms with Gasteiger partial charge in [-0.1, -0.05) is 121 Å². The Morgan fingerprint density at radius 1 is 0.547 bits per heavy atom. The molecule has 0 fully saturated rings. The van der Waals surface area contributed by atoms with Crippen molar-refractivity contribution in [1.82, 2.24) is 14.1 Å². The number of pyridine rings is 1. The molecule has 0 unspecified atom stereocenters. The summed E-state index contributed by atoms with van der Waals surface area (Å²) in [4.78, 5) is 9.90. The molecular weight excluding hydrogens is 783 g/mol. The number of rotatable bonds is 6. The molecule has 0 bridgehead atoms. The largest absolute Gasteiger partial charge is 0.458 e. The molecule has 0 aliphatic carbocycles. The highest BCUT2D eigenvalue weighted by Gasteiger charge is 2.49. The van der Waals surface area contributed by atoms with E-state index >= 15 is 0 Å². The Labute approximate surface area is 371 Å². The lowest BCUT2D eigenvalue weighted by molar-refractivity contribution is -0.571. The van der Waals surface area contributed by atoms with Crippen LogP contribution in [0.15, 0.2) is 200 Å². The smallest absolute Gasteiger partial charge is 0.422 e. The second-order valence-corrected chi connectivity index (χ2v) is 16.7. The topological polar surface area (TPSA) is 42.3 Å². The summed E-state index contributed by atoms with van der Waals surface area (Å²) >= 11 is 0. The lowest BCUT2D eigenvalue weighted by Gasteiger charge is -2.37. The van der Waals surface area contributed by atoms with Gasteiger partial charge in [-0.3, -0.25) is 9.13 Å². The van der Waals surface area contributed by atoms with Crippen LogP contribution in [-0.4, -0.2) is 21.1 Å². The zero-order chi connectivity index (χ0) is 42.5. The summed E-state index contributed by atoms with van der Waals surface area (Å²) in [5, 5.41) is 2.40. The second kappa shape index (κ2) is 14.1. The van der Waals surface area contributed by atoms with Crippen LogP contribution in [0.4, 0.5) is 22.9 Å². The molecule has 0 saturated heterocycles. The summed E-state index contributed by atoms with van der Waals surface area (Å²) in [6.07, 6.45) is 5.68. The normalized spacial score (nSPS) is 12.8. The van der Waals surface area contributed by atoms with Crippen LogP contribution >= 0.6 is 0 Å². The van der Waals surface area contributed by atoms with Gasteiger partial charge in [0.1, 0.15) is 17.3 Å². The summed E-state index contributed by atoms with van der Waals surface area (Å²) in [5.41, 5.74) is 16.8. The zero-order valence-electron chi connectivity index (χ0n) is 35.2. The third kappa shape index (κ3) is 5.35. The van der Waals surface area contributed by atoms with Gasteiger partial charge in [-0.15, -0.1) is 0 Å². The van der Waals surface area contributed by atoms with Crippen molar-refractivity contribution in [3.8, 4) is 39.7 Å². The van der Waals surface area contributed by atoms with Crippen LogP contribution in [0.1, 0.15) is 11.1 Å². The highest BCUT2D eigenvalue weighted by Crippen LogP contribution is 2.52. The minimum Gasteiger partial charge on any atom is -0.458 e. The van der Waals surface area contributed by atoms with E-state index < -0.39 is 0 Å². The van der Waals surface area contributed by atoms with Crippen molar-refractivity contribution in [2.75, 3.05) is 9.62 Å². The summed E-state index contributed by atoms with van der Waals surface area (Å²) in [7, 11) is 0. The van der Waals surface area contributed by atoms with Crippen LogP contribution in [-0.2, 0) is 0 Å². The minimum absolute atomic E-state index is 0.129. The molecule has 8 aromatic carbocycles. The van der Waals surface area contributed by atoms with Crippen LogP contribution in [0.5, 0.6) is 11.5 Å². The maximum atomic E-state index is 6.84. The van der Waals surface area contributed by atoms with E-state index in [1.165, 1.54) is 38.6 Å². The van der Waals surface area contributed by atoms with Crippen molar-refractivity contribution in [3.05, 3.63) is 218 Å². The third-order valence-corrected chi connectivity index (χ3v) is 13.0. The van der Waals surface area contributed by atoms with Gasteiger partial charge in [-0.2, -0.15) is 0 Å². The van der Waals surface area contributed by atoms with Crippen molar-refractivity contribution >= 4 is 68.2 Å². The Morgan fingerprint density at radius 3 is 2.16 bits per heavy atom. The number of imidazole rings is 1. The Bertz CT molecular complexity index is 3650. The number of fused-ring (bicyclic) bond motifs is 12. The molecule has 0 N–H and O–H groups in total. The number of para-hydroxylation sites is 6. The van der Waals surface area contributed by atoms with E-state index in [9.17, 15) is 0 Å². The van der Waals surface area contributed by atoms with Gasteiger partial charge in [-0.05, 0) is 103 Å². The van der Waals surface area contributed by atoms with Crippen LogP contribution in [0.3, 0.4) is 0 Å². The number of ether oxygens (including phenoxy) is 1. The van der Waals surface area contributed by atoms with Crippen molar-refractivity contribution < 1.29 is 9.30 Å². The predicted molar refractivity (Wildman–Crippen MR) is 260 cm³/mol. The van der Waals surface area contributed by atoms with E-state index in [1.807, 2.05) is 18.3 Å². The summed E-state index contributed by atoms with van der Waals surface area (Å²) < 4.78 is 13.6. The van der Waals surface area contributed by atoms with E-state index in [2.05, 4.69) is 225 Å². The first kappa shape index (κ1) is 36.3. The highest BCUT2D eigenvalue weighted by atomic mass is 16.5. The van der Waals surface area contributed by atoms with E-state index in [1.54, 1.807) is 0 Å². The minimum atomic E-state index is -0.129. The maximum Gasteiger partial charge on any atom is 0.422 e. The number of nitrogens with zero attached hydrogens (tertiary/aromatic N) is 6. The molecule has 11 aromatic rings. The Balaban J connectivity index is 0.918. The van der Waals surface area contributed by atoms with Crippen LogP contribution in [0, 0.1) is 20.2 Å². The van der Waals surface area contributed by atoms with Crippen molar-refractivity contribution in [2.45, 2.75) is 13.8 Å². The van der Waals surface area contributed by atoms with Crippen LogP contribution in [0.25, 0.3) is 61.0 Å². The number of aromatic nitrogens is 4. The Morgan fingerprint density at radius 2 is 1.27 bits per heavy atom. The second-order valence-electron chi connectivity index (χ2n) is 16.7. The van der Waals surface area contributed by atoms with Gasteiger partial charge in [0.15, 0.2) is 0 Å². The van der Waals surface area contributed by atoms with E-state index in [0.29, 0.717) is 0 Å². The highest BCUT2D eigenvalue weighted by molar-refractivity contribution is 6.86. The average Bonchev–Trinajstić information content (AvgIpc) is 4.01. The van der Waals surface area contributed by atoms with E-state index in [4.69, 9.17) is 9.72 Å². The molecule has 302 valence electrons. The van der Waals surface area contributed by atoms with Gasteiger partial charge >= 0.3 is 6.98 Å². The Hall–Kier alpha value is -8.36. The van der Waals surface area contributed by atoms with Gasteiger partial charge in [0, 0.05) is 45.7 Å². The van der Waals surface area contributed by atoms with Gasteiger partial charge in [0.25, 0.3) is 6.33 Å². The first-order valence-corrected chi connectivity index (χ1v) is 21.7. The molecule has 0 saturated carbocycles. The van der Waals surface area contributed by atoms with Crippen molar-refractivity contribution in [1.29, 1.82) is 0 Å². The van der Waals surface area contributed by atoms with Gasteiger partial charge < -0.3 is 18.9 Å². The van der Waals surface area contributed by atoms with Crippen LogP contribution in [0.2, 0.25) is 0 Å². The number of hydrogen-bond donors (Lipinski definition) is 0. The zero-order valence-corrected chi connectivity index (χ0v) is 35.2. The summed E-state index contributed by atoms with van der Waals surface area (Å²) in [6.45, 7) is 4.27. The lowest BCUT2D eigenvalue weighted by Crippen LogP contribution is -2.56. The fourth-order valence-electron chi connectivity index (χ4n) is 10.3. The first-order valence-electron chi connectivity index (χ1n) is 21.7. The van der Waals surface area contributed by atoms with E-state index in [0.717, 1.165) is 73.4 Å². The number of hydrogen-bond acceptors (Lipinski definition) is 4. The molecule has 2 aliphatic rings. The molecule has 0 atom stereocenters. The molecule has 13 rings (SSSR count). The number of anilines is 4. The van der Waals surface area contributed by atoms with Gasteiger partial charge in [-0.25, -0.2) is 4.98 Å². The predicted octanol–water partition coefficient (Wildman–Crippen LogP) is 12.3. The van der Waals surface area contributed by atoms with E-state index in [-0.39, 0.29) is 6.98 Å².